The number of rotatable bonds is 4. The molecule has 1 saturated heterocycles. The fourth-order valence-electron chi connectivity index (χ4n) is 1.21. The van der Waals surface area contributed by atoms with Gasteiger partial charge in [-0.3, -0.25) is 0 Å². The standard InChI is InChI=1S/C11H14O3/c1-11(8-14-11)7-13-10-5-3-2-4-9(10)6-12/h2-5,12H,6-8H2,1H3. The van der Waals surface area contributed by atoms with E-state index in [1.807, 2.05) is 31.2 Å². The number of benzene rings is 1. The number of epoxide rings is 1. The van der Waals surface area contributed by atoms with Crippen LogP contribution in [0.15, 0.2) is 24.3 Å². The molecule has 1 atom stereocenters. The van der Waals surface area contributed by atoms with Crippen LogP contribution >= 0.6 is 0 Å². The fourth-order valence-corrected chi connectivity index (χ4v) is 1.21. The van der Waals surface area contributed by atoms with Crippen molar-refractivity contribution in [1.82, 2.24) is 0 Å². The van der Waals surface area contributed by atoms with Gasteiger partial charge in [-0.25, -0.2) is 0 Å². The number of para-hydroxylation sites is 1. The third-order valence-electron chi connectivity index (χ3n) is 2.31. The zero-order valence-corrected chi connectivity index (χ0v) is 8.19. The molecule has 0 spiro atoms. The molecule has 0 bridgehead atoms. The van der Waals surface area contributed by atoms with Crippen LogP contribution in [0.2, 0.25) is 0 Å². The summed E-state index contributed by atoms with van der Waals surface area (Å²) in [6.07, 6.45) is 0. The van der Waals surface area contributed by atoms with Crippen molar-refractivity contribution >= 4 is 0 Å². The Bertz CT molecular complexity index is 318. The minimum absolute atomic E-state index is 0.00768. The number of hydrogen-bond donors (Lipinski definition) is 1. The maximum Gasteiger partial charge on any atom is 0.124 e. The van der Waals surface area contributed by atoms with Crippen LogP contribution in [-0.4, -0.2) is 23.9 Å². The Morgan fingerprint density at radius 2 is 2.21 bits per heavy atom. The van der Waals surface area contributed by atoms with E-state index in [0.29, 0.717) is 6.61 Å². The number of hydrogen-bond acceptors (Lipinski definition) is 3. The molecule has 0 aliphatic carbocycles. The Morgan fingerprint density at radius 3 is 2.86 bits per heavy atom. The maximum absolute atomic E-state index is 9.05. The molecule has 3 nitrogen and oxygen atoms in total. The van der Waals surface area contributed by atoms with E-state index in [2.05, 4.69) is 0 Å². The van der Waals surface area contributed by atoms with Gasteiger partial charge >= 0.3 is 0 Å². The summed E-state index contributed by atoms with van der Waals surface area (Å²) in [5, 5.41) is 9.05. The van der Waals surface area contributed by atoms with Gasteiger partial charge < -0.3 is 14.6 Å². The molecule has 76 valence electrons. The van der Waals surface area contributed by atoms with E-state index < -0.39 is 0 Å². The van der Waals surface area contributed by atoms with E-state index in [-0.39, 0.29) is 12.2 Å². The maximum atomic E-state index is 9.05. The normalized spacial score (nSPS) is 24.7. The molecule has 0 amide bonds. The highest BCUT2D eigenvalue weighted by Gasteiger charge is 2.40. The molecular weight excluding hydrogens is 180 g/mol. The molecule has 1 aromatic carbocycles. The minimum Gasteiger partial charge on any atom is -0.490 e. The van der Waals surface area contributed by atoms with E-state index in [0.717, 1.165) is 17.9 Å². The first-order valence-corrected chi connectivity index (χ1v) is 4.69. The molecule has 14 heavy (non-hydrogen) atoms. The van der Waals surface area contributed by atoms with Gasteiger partial charge in [0.25, 0.3) is 0 Å². The number of aliphatic hydroxyl groups is 1. The van der Waals surface area contributed by atoms with E-state index in [4.69, 9.17) is 14.6 Å². The summed E-state index contributed by atoms with van der Waals surface area (Å²) in [4.78, 5) is 0. The molecule has 0 radical (unpaired) electrons. The highest BCUT2D eigenvalue weighted by Crippen LogP contribution is 2.28. The van der Waals surface area contributed by atoms with Gasteiger partial charge in [0, 0.05) is 5.56 Å². The molecule has 1 fully saturated rings. The number of ether oxygens (including phenoxy) is 2. The summed E-state index contributed by atoms with van der Waals surface area (Å²) in [7, 11) is 0. The van der Waals surface area contributed by atoms with Gasteiger partial charge in [-0.15, -0.1) is 0 Å². The lowest BCUT2D eigenvalue weighted by Crippen LogP contribution is -2.17. The van der Waals surface area contributed by atoms with Gasteiger partial charge in [-0.2, -0.15) is 0 Å². The van der Waals surface area contributed by atoms with Gasteiger partial charge in [-0.1, -0.05) is 18.2 Å². The Labute approximate surface area is 83.3 Å². The van der Waals surface area contributed by atoms with Crippen molar-refractivity contribution in [2.75, 3.05) is 13.2 Å². The fraction of sp³-hybridized carbons (Fsp3) is 0.455. The summed E-state index contributed by atoms with van der Waals surface area (Å²) < 4.78 is 10.8. The largest absolute Gasteiger partial charge is 0.490 e. The molecule has 3 heteroatoms. The first-order valence-electron chi connectivity index (χ1n) is 4.69. The van der Waals surface area contributed by atoms with Gasteiger partial charge in [0.1, 0.15) is 18.0 Å². The second kappa shape index (κ2) is 3.59. The zero-order valence-electron chi connectivity index (χ0n) is 8.19. The van der Waals surface area contributed by atoms with Crippen LogP contribution in [0, 0.1) is 0 Å². The Morgan fingerprint density at radius 1 is 1.50 bits per heavy atom. The van der Waals surface area contributed by atoms with Gasteiger partial charge in [0.05, 0.1) is 13.2 Å². The summed E-state index contributed by atoms with van der Waals surface area (Å²) in [6.45, 7) is 3.32. The van der Waals surface area contributed by atoms with Crippen LogP contribution < -0.4 is 4.74 Å². The SMILES string of the molecule is CC1(COc2ccccc2CO)CO1. The molecule has 0 aromatic heterocycles. The third-order valence-corrected chi connectivity index (χ3v) is 2.31. The average Bonchev–Trinajstić information content (AvgIpc) is 2.95. The van der Waals surface area contributed by atoms with Crippen molar-refractivity contribution in [3.63, 3.8) is 0 Å². The highest BCUT2D eigenvalue weighted by molar-refractivity contribution is 5.32. The predicted molar refractivity (Wildman–Crippen MR) is 52.2 cm³/mol. The van der Waals surface area contributed by atoms with E-state index in [9.17, 15) is 0 Å². The Balaban J connectivity index is 2.00. The number of aliphatic hydroxyl groups excluding tert-OH is 1. The molecule has 1 aromatic rings. The predicted octanol–water partition coefficient (Wildman–Crippen LogP) is 1.35. The quantitative estimate of drug-likeness (QED) is 0.735. The molecule has 1 aliphatic rings. The second-order valence-corrected chi connectivity index (χ2v) is 3.79. The average molecular weight is 194 g/mol. The lowest BCUT2D eigenvalue weighted by atomic mass is 10.2. The van der Waals surface area contributed by atoms with E-state index in [1.54, 1.807) is 0 Å². The van der Waals surface area contributed by atoms with Crippen molar-refractivity contribution in [2.24, 2.45) is 0 Å². The molecule has 1 N–H and O–H groups in total. The van der Waals surface area contributed by atoms with Crippen molar-refractivity contribution < 1.29 is 14.6 Å². The highest BCUT2D eigenvalue weighted by atomic mass is 16.6. The van der Waals surface area contributed by atoms with Crippen LogP contribution in [0.25, 0.3) is 0 Å². The van der Waals surface area contributed by atoms with Crippen LogP contribution in [0.4, 0.5) is 0 Å². The topological polar surface area (TPSA) is 42.0 Å². The van der Waals surface area contributed by atoms with Crippen LogP contribution in [0.3, 0.4) is 0 Å². The van der Waals surface area contributed by atoms with Crippen LogP contribution in [0.5, 0.6) is 5.75 Å². The monoisotopic (exact) mass is 194 g/mol. The molecule has 0 saturated carbocycles. The van der Waals surface area contributed by atoms with Crippen LogP contribution in [0.1, 0.15) is 12.5 Å². The van der Waals surface area contributed by atoms with Gasteiger partial charge in [0.2, 0.25) is 0 Å². The third kappa shape index (κ3) is 2.05. The van der Waals surface area contributed by atoms with Gasteiger partial charge in [0.15, 0.2) is 0 Å². The van der Waals surface area contributed by atoms with Crippen LogP contribution in [-0.2, 0) is 11.3 Å². The molecule has 2 rings (SSSR count). The second-order valence-electron chi connectivity index (χ2n) is 3.79. The molecule has 1 aliphatic heterocycles. The first-order chi connectivity index (χ1) is 6.73. The lowest BCUT2D eigenvalue weighted by Gasteiger charge is -2.11. The smallest absolute Gasteiger partial charge is 0.124 e. The van der Waals surface area contributed by atoms with Crippen molar-refractivity contribution in [1.29, 1.82) is 0 Å². The van der Waals surface area contributed by atoms with Crippen molar-refractivity contribution in [3.8, 4) is 5.75 Å². The van der Waals surface area contributed by atoms with E-state index >= 15 is 0 Å². The summed E-state index contributed by atoms with van der Waals surface area (Å²) in [5.74, 6) is 0.742. The van der Waals surface area contributed by atoms with Crippen molar-refractivity contribution in [3.05, 3.63) is 29.8 Å². The molecule has 1 unspecified atom stereocenters. The Hall–Kier alpha value is -1.06. The lowest BCUT2D eigenvalue weighted by molar-refractivity contribution is 0.196. The molecule has 1 heterocycles. The summed E-state index contributed by atoms with van der Waals surface area (Å²) in [5.41, 5.74) is 0.708. The van der Waals surface area contributed by atoms with E-state index in [1.165, 1.54) is 0 Å². The van der Waals surface area contributed by atoms with Crippen molar-refractivity contribution in [2.45, 2.75) is 19.1 Å². The Kier molecular flexibility index (Phi) is 2.44. The summed E-state index contributed by atoms with van der Waals surface area (Å²) >= 11 is 0. The summed E-state index contributed by atoms with van der Waals surface area (Å²) in [6, 6.07) is 7.49. The van der Waals surface area contributed by atoms with Gasteiger partial charge in [-0.05, 0) is 13.0 Å². The zero-order chi connectivity index (χ0) is 10.0. The molecular formula is C11H14O3. The first kappa shape index (κ1) is 9.49. The minimum atomic E-state index is -0.109.